The largest absolute Gasteiger partial charge is 0.493 e. The van der Waals surface area contributed by atoms with Gasteiger partial charge in [-0.3, -0.25) is 9.36 Å². The van der Waals surface area contributed by atoms with Crippen LogP contribution >= 0.6 is 11.8 Å². The number of fused-ring (bicyclic) bond motifs is 1. The van der Waals surface area contributed by atoms with Gasteiger partial charge in [0.2, 0.25) is 5.89 Å². The zero-order chi connectivity index (χ0) is 23.2. The molecule has 0 unspecified atom stereocenters. The predicted octanol–water partition coefficient (Wildman–Crippen LogP) is 4.93. The molecule has 176 valence electrons. The van der Waals surface area contributed by atoms with E-state index in [1.807, 2.05) is 0 Å². The van der Waals surface area contributed by atoms with Crippen molar-refractivity contribution >= 4 is 22.7 Å². The minimum atomic E-state index is -0.0861. The maximum atomic E-state index is 13.5. The van der Waals surface area contributed by atoms with Gasteiger partial charge in [-0.05, 0) is 44.6 Å². The highest BCUT2D eigenvalue weighted by molar-refractivity contribution is 7.98. The third-order valence-electron chi connectivity index (χ3n) is 5.77. The van der Waals surface area contributed by atoms with Crippen molar-refractivity contribution in [1.82, 2.24) is 19.7 Å². The summed E-state index contributed by atoms with van der Waals surface area (Å²) in [4.78, 5) is 22.8. The molecule has 2 heterocycles. The molecular formula is C24H30N4O4S. The van der Waals surface area contributed by atoms with Crippen LogP contribution in [-0.4, -0.2) is 33.9 Å². The highest BCUT2D eigenvalue weighted by Crippen LogP contribution is 2.32. The molecule has 33 heavy (non-hydrogen) atoms. The van der Waals surface area contributed by atoms with E-state index in [-0.39, 0.29) is 5.56 Å². The van der Waals surface area contributed by atoms with Gasteiger partial charge in [-0.25, -0.2) is 4.98 Å². The summed E-state index contributed by atoms with van der Waals surface area (Å²) >= 11 is 1.43. The Morgan fingerprint density at radius 3 is 2.67 bits per heavy atom. The van der Waals surface area contributed by atoms with Gasteiger partial charge < -0.3 is 14.0 Å². The van der Waals surface area contributed by atoms with E-state index in [2.05, 4.69) is 23.1 Å². The molecule has 0 amide bonds. The fraction of sp³-hybridized carbons (Fsp3) is 0.500. The molecule has 3 aromatic rings. The molecule has 1 aromatic carbocycles. The Balaban J connectivity index is 1.68. The van der Waals surface area contributed by atoms with Crippen molar-refractivity contribution < 1.29 is 14.0 Å². The van der Waals surface area contributed by atoms with Crippen molar-refractivity contribution in [3.63, 3.8) is 0 Å². The van der Waals surface area contributed by atoms with Gasteiger partial charge in [0.15, 0.2) is 22.5 Å². The average molecular weight is 471 g/mol. The molecule has 0 N–H and O–H groups in total. The fourth-order valence-corrected chi connectivity index (χ4v) is 4.89. The predicted molar refractivity (Wildman–Crippen MR) is 128 cm³/mol. The Hall–Kier alpha value is -2.81. The zero-order valence-electron chi connectivity index (χ0n) is 19.4. The van der Waals surface area contributed by atoms with Crippen molar-refractivity contribution in [3.05, 3.63) is 45.9 Å². The summed E-state index contributed by atoms with van der Waals surface area (Å²) in [5, 5.41) is 5.16. The molecule has 0 bridgehead atoms. The molecule has 1 aliphatic rings. The topological polar surface area (TPSA) is 92.3 Å². The quantitative estimate of drug-likeness (QED) is 0.234. The van der Waals surface area contributed by atoms with Gasteiger partial charge in [-0.15, -0.1) is 0 Å². The Kier molecular flexibility index (Phi) is 7.69. The molecule has 0 aliphatic heterocycles. The second-order valence-corrected chi connectivity index (χ2v) is 9.02. The first kappa shape index (κ1) is 23.4. The number of hydrogen-bond acceptors (Lipinski definition) is 8. The van der Waals surface area contributed by atoms with E-state index >= 15 is 0 Å². The normalized spacial score (nSPS) is 13.8. The van der Waals surface area contributed by atoms with Crippen LogP contribution in [0.1, 0.15) is 57.2 Å². The maximum Gasteiger partial charge on any atom is 0.262 e. The van der Waals surface area contributed by atoms with Crippen LogP contribution in [0.2, 0.25) is 0 Å². The first-order chi connectivity index (χ1) is 16.1. The number of methoxy groups -OCH3 is 2. The highest BCUT2D eigenvalue weighted by Gasteiger charge is 2.17. The van der Waals surface area contributed by atoms with Crippen LogP contribution in [0.25, 0.3) is 10.9 Å². The second-order valence-electron chi connectivity index (χ2n) is 8.08. The van der Waals surface area contributed by atoms with Gasteiger partial charge in [-0.1, -0.05) is 35.5 Å². The van der Waals surface area contributed by atoms with Gasteiger partial charge in [0.05, 0.1) is 30.9 Å². The van der Waals surface area contributed by atoms with Gasteiger partial charge in [-0.2, -0.15) is 4.98 Å². The van der Waals surface area contributed by atoms with Crippen LogP contribution in [-0.2, 0) is 18.7 Å². The number of benzene rings is 1. The summed E-state index contributed by atoms with van der Waals surface area (Å²) in [5.74, 6) is 2.74. The molecular weight excluding hydrogens is 440 g/mol. The first-order valence-corrected chi connectivity index (χ1v) is 12.4. The molecule has 4 rings (SSSR count). The van der Waals surface area contributed by atoms with Crippen LogP contribution < -0.4 is 15.0 Å². The first-order valence-electron chi connectivity index (χ1n) is 11.4. The number of allylic oxidation sites excluding steroid dienone is 2. The van der Waals surface area contributed by atoms with E-state index in [1.54, 1.807) is 30.9 Å². The molecule has 0 saturated heterocycles. The number of ether oxygens (including phenoxy) is 2. The number of aromatic nitrogens is 4. The summed E-state index contributed by atoms with van der Waals surface area (Å²) < 4.78 is 18.0. The summed E-state index contributed by atoms with van der Waals surface area (Å²) in [7, 11) is 3.13. The standard InChI is InChI=1S/C24H30N4O4S/c1-4-8-21-26-22(32-27-21)15-33-24-25-18-14-20(31-3)19(30-2)13-17(18)23(29)28(24)12-11-16-9-6-5-7-10-16/h9,13-14H,4-8,10-12,15H2,1-3H3. The number of nitrogens with zero attached hydrogens (tertiary/aromatic N) is 4. The Morgan fingerprint density at radius 2 is 1.94 bits per heavy atom. The fourth-order valence-electron chi connectivity index (χ4n) is 4.02. The lowest BCUT2D eigenvalue weighted by Crippen LogP contribution is -2.24. The lowest BCUT2D eigenvalue weighted by molar-refractivity contribution is 0.355. The van der Waals surface area contributed by atoms with Gasteiger partial charge in [0.25, 0.3) is 5.56 Å². The summed E-state index contributed by atoms with van der Waals surface area (Å²) in [6, 6.07) is 3.46. The van der Waals surface area contributed by atoms with E-state index in [1.165, 1.54) is 30.2 Å². The number of hydrogen-bond donors (Lipinski definition) is 0. The van der Waals surface area contributed by atoms with Gasteiger partial charge in [0.1, 0.15) is 0 Å². The monoisotopic (exact) mass is 470 g/mol. The van der Waals surface area contributed by atoms with Crippen molar-refractivity contribution in [2.24, 2.45) is 0 Å². The summed E-state index contributed by atoms with van der Waals surface area (Å²) in [6.07, 6.45) is 9.58. The summed E-state index contributed by atoms with van der Waals surface area (Å²) in [5.41, 5.74) is 1.90. The molecule has 9 heteroatoms. The average Bonchev–Trinajstić information content (AvgIpc) is 3.29. The Labute approximate surface area is 197 Å². The van der Waals surface area contributed by atoms with Crippen LogP contribution in [0.15, 0.2) is 38.3 Å². The Morgan fingerprint density at radius 1 is 1.12 bits per heavy atom. The van der Waals surface area contributed by atoms with E-state index in [0.29, 0.717) is 51.6 Å². The van der Waals surface area contributed by atoms with E-state index in [0.717, 1.165) is 32.1 Å². The molecule has 0 spiro atoms. The molecule has 0 fully saturated rings. The SMILES string of the molecule is CCCc1noc(CSc2nc3cc(OC)c(OC)cc3c(=O)n2CCC2=CCCCC2)n1. The molecule has 0 radical (unpaired) electrons. The number of aryl methyl sites for hydroxylation is 1. The molecule has 2 aromatic heterocycles. The minimum absolute atomic E-state index is 0.0861. The molecule has 0 atom stereocenters. The zero-order valence-corrected chi connectivity index (χ0v) is 20.2. The van der Waals surface area contributed by atoms with Crippen LogP contribution in [0, 0.1) is 0 Å². The molecule has 8 nitrogen and oxygen atoms in total. The van der Waals surface area contributed by atoms with Crippen molar-refractivity contribution in [3.8, 4) is 11.5 Å². The summed E-state index contributed by atoms with van der Waals surface area (Å²) in [6.45, 7) is 2.66. The van der Waals surface area contributed by atoms with Crippen molar-refractivity contribution in [2.75, 3.05) is 14.2 Å². The highest BCUT2D eigenvalue weighted by atomic mass is 32.2. The van der Waals surface area contributed by atoms with Crippen molar-refractivity contribution in [1.29, 1.82) is 0 Å². The van der Waals surface area contributed by atoms with Crippen LogP contribution in [0.4, 0.5) is 0 Å². The third kappa shape index (κ3) is 5.40. The van der Waals surface area contributed by atoms with Crippen LogP contribution in [0.5, 0.6) is 11.5 Å². The minimum Gasteiger partial charge on any atom is -0.493 e. The van der Waals surface area contributed by atoms with E-state index < -0.39 is 0 Å². The van der Waals surface area contributed by atoms with Crippen LogP contribution in [0.3, 0.4) is 0 Å². The number of thioether (sulfide) groups is 1. The van der Waals surface area contributed by atoms with Crippen molar-refractivity contribution in [2.45, 2.75) is 69.3 Å². The Bertz CT molecular complexity index is 1200. The van der Waals surface area contributed by atoms with Gasteiger partial charge >= 0.3 is 0 Å². The smallest absolute Gasteiger partial charge is 0.262 e. The third-order valence-corrected chi connectivity index (χ3v) is 6.74. The molecule has 1 aliphatic carbocycles. The number of rotatable bonds is 10. The second kappa shape index (κ2) is 10.9. The lowest BCUT2D eigenvalue weighted by atomic mass is 9.97. The van der Waals surface area contributed by atoms with Gasteiger partial charge in [0, 0.05) is 19.0 Å². The molecule has 0 saturated carbocycles. The van der Waals surface area contributed by atoms with E-state index in [9.17, 15) is 4.79 Å². The lowest BCUT2D eigenvalue weighted by Gasteiger charge is -2.16. The maximum absolute atomic E-state index is 13.5. The van der Waals surface area contributed by atoms with E-state index in [4.69, 9.17) is 19.0 Å².